The van der Waals surface area contributed by atoms with Crippen LogP contribution in [0.4, 0.5) is 0 Å². The number of carbonyl (C=O) groups is 1. The molecule has 2 heterocycles. The summed E-state index contributed by atoms with van der Waals surface area (Å²) in [6.45, 7) is 0.447. The van der Waals surface area contributed by atoms with E-state index in [-0.39, 0.29) is 11.7 Å². The number of benzene rings is 1. The molecule has 0 saturated heterocycles. The fraction of sp³-hybridized carbons (Fsp3) is 0.0769. The van der Waals surface area contributed by atoms with Gasteiger partial charge in [-0.3, -0.25) is 4.79 Å². The summed E-state index contributed by atoms with van der Waals surface area (Å²) in [5, 5.41) is 6.83. The Hall–Kier alpha value is -2.76. The third-order valence-electron chi connectivity index (χ3n) is 2.62. The van der Waals surface area contributed by atoms with Crippen LogP contribution >= 0.6 is 0 Å². The number of aromatic nitrogens is 4. The van der Waals surface area contributed by atoms with E-state index in [4.69, 9.17) is 0 Å². The summed E-state index contributed by atoms with van der Waals surface area (Å²) >= 11 is 0. The normalized spacial score (nSPS) is 10.5. The quantitative estimate of drug-likeness (QED) is 0.757. The summed E-state index contributed by atoms with van der Waals surface area (Å²) in [5.74, 6) is 0.219. The second kappa shape index (κ2) is 4.85. The number of hydrogen-bond donors (Lipinski definition) is 1. The van der Waals surface area contributed by atoms with Crippen molar-refractivity contribution in [2.45, 2.75) is 6.54 Å². The molecule has 2 aromatic heterocycles. The van der Waals surface area contributed by atoms with Crippen LogP contribution in [0.25, 0.3) is 5.78 Å². The van der Waals surface area contributed by atoms with E-state index in [1.165, 1.54) is 4.52 Å². The Morgan fingerprint density at radius 2 is 2.05 bits per heavy atom. The zero-order valence-electron chi connectivity index (χ0n) is 10.0. The van der Waals surface area contributed by atoms with Crippen molar-refractivity contribution in [3.63, 3.8) is 0 Å². The summed E-state index contributed by atoms with van der Waals surface area (Å²) in [5.41, 5.74) is 1.03. The van der Waals surface area contributed by atoms with Gasteiger partial charge < -0.3 is 5.32 Å². The molecule has 6 heteroatoms. The van der Waals surface area contributed by atoms with Crippen molar-refractivity contribution >= 4 is 11.7 Å². The van der Waals surface area contributed by atoms with E-state index in [0.717, 1.165) is 5.56 Å². The molecule has 0 aliphatic rings. The highest BCUT2D eigenvalue weighted by Crippen LogP contribution is 2.00. The molecule has 0 aliphatic heterocycles. The van der Waals surface area contributed by atoms with Crippen molar-refractivity contribution in [1.82, 2.24) is 24.9 Å². The minimum absolute atomic E-state index is 0.120. The highest BCUT2D eigenvalue weighted by molar-refractivity contribution is 5.90. The lowest BCUT2D eigenvalue weighted by Gasteiger charge is -2.01. The minimum Gasteiger partial charge on any atom is -0.345 e. The lowest BCUT2D eigenvalue weighted by atomic mass is 10.2. The van der Waals surface area contributed by atoms with Gasteiger partial charge in [0.15, 0.2) is 0 Å². The van der Waals surface area contributed by atoms with Gasteiger partial charge in [0.2, 0.25) is 5.82 Å². The van der Waals surface area contributed by atoms with Crippen molar-refractivity contribution in [2.24, 2.45) is 0 Å². The molecule has 3 rings (SSSR count). The van der Waals surface area contributed by atoms with Gasteiger partial charge >= 0.3 is 0 Å². The molecule has 0 spiro atoms. The molecule has 0 fully saturated rings. The highest BCUT2D eigenvalue weighted by Gasteiger charge is 2.12. The molecule has 1 aromatic carbocycles. The average molecular weight is 253 g/mol. The summed E-state index contributed by atoms with van der Waals surface area (Å²) in [7, 11) is 0. The number of fused-ring (bicyclic) bond motifs is 1. The van der Waals surface area contributed by atoms with E-state index < -0.39 is 0 Å². The van der Waals surface area contributed by atoms with Gasteiger partial charge in [-0.15, -0.1) is 5.10 Å². The Labute approximate surface area is 109 Å². The van der Waals surface area contributed by atoms with Crippen LogP contribution in [0.15, 0.2) is 48.8 Å². The van der Waals surface area contributed by atoms with E-state index in [1.54, 1.807) is 18.5 Å². The van der Waals surface area contributed by atoms with Crippen molar-refractivity contribution in [3.05, 3.63) is 60.2 Å². The number of rotatable bonds is 3. The van der Waals surface area contributed by atoms with E-state index in [1.807, 2.05) is 30.3 Å². The maximum Gasteiger partial charge on any atom is 0.291 e. The molecule has 1 amide bonds. The van der Waals surface area contributed by atoms with Crippen LogP contribution in [0.5, 0.6) is 0 Å². The first-order chi connectivity index (χ1) is 9.33. The van der Waals surface area contributed by atoms with Gasteiger partial charge in [0.05, 0.1) is 0 Å². The molecule has 3 aromatic rings. The third-order valence-corrected chi connectivity index (χ3v) is 2.62. The second-order valence-electron chi connectivity index (χ2n) is 3.97. The predicted octanol–water partition coefficient (Wildman–Crippen LogP) is 1.05. The molecule has 0 unspecified atom stereocenters. The first-order valence-corrected chi connectivity index (χ1v) is 5.82. The van der Waals surface area contributed by atoms with Gasteiger partial charge in [-0.25, -0.2) is 9.50 Å². The monoisotopic (exact) mass is 253 g/mol. The molecule has 94 valence electrons. The van der Waals surface area contributed by atoms with Gasteiger partial charge in [0, 0.05) is 18.9 Å². The molecular weight excluding hydrogens is 242 g/mol. The number of nitrogens with one attached hydrogen (secondary N) is 1. The van der Waals surface area contributed by atoms with Crippen LogP contribution in [0.3, 0.4) is 0 Å². The highest BCUT2D eigenvalue weighted by atomic mass is 16.2. The molecule has 0 atom stereocenters. The lowest BCUT2D eigenvalue weighted by molar-refractivity contribution is 0.0940. The largest absolute Gasteiger partial charge is 0.345 e. The van der Waals surface area contributed by atoms with Gasteiger partial charge in [-0.1, -0.05) is 30.3 Å². The number of carbonyl (C=O) groups excluding carboxylic acids is 1. The van der Waals surface area contributed by atoms with Crippen molar-refractivity contribution in [3.8, 4) is 0 Å². The Kier molecular flexibility index (Phi) is 2.89. The fourth-order valence-corrected chi connectivity index (χ4v) is 1.69. The molecular formula is C13H11N5O. The number of nitrogens with zero attached hydrogens (tertiary/aromatic N) is 4. The van der Waals surface area contributed by atoms with Gasteiger partial charge in [-0.05, 0) is 11.6 Å². The van der Waals surface area contributed by atoms with Crippen LogP contribution in [0, 0.1) is 0 Å². The van der Waals surface area contributed by atoms with Gasteiger partial charge in [0.1, 0.15) is 0 Å². The van der Waals surface area contributed by atoms with E-state index in [2.05, 4.69) is 20.4 Å². The van der Waals surface area contributed by atoms with E-state index >= 15 is 0 Å². The Balaban J connectivity index is 1.73. The average Bonchev–Trinajstić information content (AvgIpc) is 2.90. The SMILES string of the molecule is O=C(NCc1ccccc1)c1nc2ncccn2n1. The van der Waals surface area contributed by atoms with Crippen LogP contribution in [0.2, 0.25) is 0 Å². The van der Waals surface area contributed by atoms with Gasteiger partial charge in [0.25, 0.3) is 11.7 Å². The van der Waals surface area contributed by atoms with Crippen LogP contribution in [-0.2, 0) is 6.54 Å². The summed E-state index contributed by atoms with van der Waals surface area (Å²) < 4.78 is 1.47. The first kappa shape index (κ1) is 11.3. The van der Waals surface area contributed by atoms with Gasteiger partial charge in [-0.2, -0.15) is 4.98 Å². The number of hydrogen-bond acceptors (Lipinski definition) is 4. The Bertz CT molecular complexity index is 674. The minimum atomic E-state index is -0.311. The van der Waals surface area contributed by atoms with Crippen molar-refractivity contribution in [2.75, 3.05) is 0 Å². The lowest BCUT2D eigenvalue weighted by Crippen LogP contribution is -2.24. The summed E-state index contributed by atoms with van der Waals surface area (Å²) in [6, 6.07) is 11.4. The zero-order valence-corrected chi connectivity index (χ0v) is 10.0. The summed E-state index contributed by atoms with van der Waals surface area (Å²) in [6.07, 6.45) is 3.30. The van der Waals surface area contributed by atoms with Crippen LogP contribution < -0.4 is 5.32 Å². The fourth-order valence-electron chi connectivity index (χ4n) is 1.69. The third kappa shape index (κ3) is 2.42. The predicted molar refractivity (Wildman–Crippen MR) is 68.4 cm³/mol. The molecule has 0 aliphatic carbocycles. The molecule has 19 heavy (non-hydrogen) atoms. The molecule has 1 N–H and O–H groups in total. The standard InChI is InChI=1S/C13H11N5O/c19-12(15-9-10-5-2-1-3-6-10)11-16-13-14-7-4-8-18(13)17-11/h1-8H,9H2,(H,15,19). The van der Waals surface area contributed by atoms with Crippen LogP contribution in [0.1, 0.15) is 16.2 Å². The molecule has 0 bridgehead atoms. The molecule has 0 radical (unpaired) electrons. The van der Waals surface area contributed by atoms with E-state index in [9.17, 15) is 4.79 Å². The molecule has 6 nitrogen and oxygen atoms in total. The Morgan fingerprint density at radius 1 is 1.21 bits per heavy atom. The smallest absolute Gasteiger partial charge is 0.291 e. The van der Waals surface area contributed by atoms with E-state index in [0.29, 0.717) is 12.3 Å². The zero-order chi connectivity index (χ0) is 13.1. The number of amides is 1. The maximum atomic E-state index is 11.9. The first-order valence-electron chi connectivity index (χ1n) is 5.82. The van der Waals surface area contributed by atoms with Crippen molar-refractivity contribution in [1.29, 1.82) is 0 Å². The Morgan fingerprint density at radius 3 is 2.84 bits per heavy atom. The maximum absolute atomic E-state index is 11.9. The molecule has 0 saturated carbocycles. The topological polar surface area (TPSA) is 72.2 Å². The van der Waals surface area contributed by atoms with Crippen molar-refractivity contribution < 1.29 is 4.79 Å². The summed E-state index contributed by atoms with van der Waals surface area (Å²) in [4.78, 5) is 20.0. The van der Waals surface area contributed by atoms with Crippen LogP contribution in [-0.4, -0.2) is 25.5 Å². The second-order valence-corrected chi connectivity index (χ2v) is 3.97.